The zero-order valence-corrected chi connectivity index (χ0v) is 19.2. The third-order valence-corrected chi connectivity index (χ3v) is 4.90. The van der Waals surface area contributed by atoms with Gasteiger partial charge in [0.05, 0.1) is 4.90 Å². The van der Waals surface area contributed by atoms with Crippen molar-refractivity contribution in [3.8, 4) is 17.2 Å². The molecule has 0 aromatic heterocycles. The summed E-state index contributed by atoms with van der Waals surface area (Å²) >= 11 is 0. The van der Waals surface area contributed by atoms with Gasteiger partial charge in [-0.2, -0.15) is 8.42 Å². The number of para-hydroxylation sites is 1. The van der Waals surface area contributed by atoms with Gasteiger partial charge in [0.1, 0.15) is 11.5 Å². The Kier molecular flexibility index (Phi) is 10.4. The number of aryl methyl sites for hydroxylation is 1. The van der Waals surface area contributed by atoms with E-state index in [1.54, 1.807) is 36.4 Å². The number of hydrogen-bond donors (Lipinski definition) is 1. The first kappa shape index (κ1) is 23.6. The molecule has 0 aliphatic rings. The van der Waals surface area contributed by atoms with Crippen molar-refractivity contribution in [3.63, 3.8) is 0 Å². The van der Waals surface area contributed by atoms with Crippen LogP contribution in [0, 0.1) is 0 Å². The third-order valence-electron chi connectivity index (χ3n) is 3.94. The second-order valence-corrected chi connectivity index (χ2v) is 7.29. The predicted molar refractivity (Wildman–Crippen MR) is 94.7 cm³/mol. The van der Waals surface area contributed by atoms with E-state index < -0.39 is 20.8 Å². The van der Waals surface area contributed by atoms with Gasteiger partial charge >= 0.3 is 51.4 Å². The molecule has 0 atom stereocenters. The molecule has 0 saturated carbocycles. The minimum atomic E-state index is -4.62. The summed E-state index contributed by atoms with van der Waals surface area (Å²) in [6.45, 7) is 2.12. The molecule has 0 spiro atoms. The maximum Gasteiger partial charge on any atom is 1.00 e. The number of unbranched alkanes of at least 4 members (excludes halogenated alkanes) is 4. The summed E-state index contributed by atoms with van der Waals surface area (Å²) in [5, 5.41) is 12.5. The van der Waals surface area contributed by atoms with Crippen LogP contribution in [0.15, 0.2) is 47.4 Å². The number of rotatable bonds is 9. The topological polar surface area (TPSA) is 86.7 Å². The van der Waals surface area contributed by atoms with Crippen LogP contribution in [-0.4, -0.2) is 13.0 Å². The van der Waals surface area contributed by atoms with E-state index in [2.05, 4.69) is 6.92 Å². The molecule has 0 aliphatic carbocycles. The molecule has 0 bridgehead atoms. The summed E-state index contributed by atoms with van der Waals surface area (Å²) in [6, 6.07) is 11.6. The fraction of sp³-hybridized carbons (Fsp3) is 0.368. The Morgan fingerprint density at radius 2 is 1.65 bits per heavy atom. The van der Waals surface area contributed by atoms with Gasteiger partial charge in [0.25, 0.3) is 10.1 Å². The molecule has 0 fully saturated rings. The van der Waals surface area contributed by atoms with Crippen molar-refractivity contribution < 1.29 is 74.2 Å². The van der Waals surface area contributed by atoms with E-state index in [4.69, 9.17) is 4.74 Å². The van der Waals surface area contributed by atoms with Crippen LogP contribution >= 0.6 is 0 Å². The Labute approximate surface area is 198 Å². The molecule has 0 amide bonds. The van der Waals surface area contributed by atoms with E-state index in [0.717, 1.165) is 32.1 Å². The van der Waals surface area contributed by atoms with Crippen LogP contribution in [0.4, 0.5) is 0 Å². The van der Waals surface area contributed by atoms with Gasteiger partial charge in [0.2, 0.25) is 0 Å². The normalized spacial score (nSPS) is 11.0. The van der Waals surface area contributed by atoms with Crippen LogP contribution in [0.2, 0.25) is 0 Å². The zero-order valence-electron chi connectivity index (χ0n) is 15.3. The molecular formula is C19H23KO5S. The predicted octanol–water partition coefficient (Wildman–Crippen LogP) is 1.32. The second-order valence-electron chi connectivity index (χ2n) is 5.94. The van der Waals surface area contributed by atoms with E-state index in [1.807, 2.05) is 0 Å². The molecule has 5 nitrogen and oxygen atoms in total. The standard InChI is InChI=1S/C19H24O5S.K/c1-2-3-4-5-7-10-15-13-14-17(18(20)19(15)25(21,22)23)24-16-11-8-6-9-12-16;/h6,8-9,11-14,20H,2-5,7,10H2,1H3,(H,21,22,23);/q;+1/p-1. The molecule has 2 aromatic rings. The minimum absolute atomic E-state index is 0. The van der Waals surface area contributed by atoms with Crippen LogP contribution < -0.4 is 61.2 Å². The van der Waals surface area contributed by atoms with Gasteiger partial charge in [-0.25, -0.2) is 0 Å². The van der Waals surface area contributed by atoms with Crippen molar-refractivity contribution in [2.45, 2.75) is 50.3 Å². The molecule has 136 valence electrons. The fourth-order valence-corrected chi connectivity index (χ4v) is 3.52. The van der Waals surface area contributed by atoms with Crippen molar-refractivity contribution in [1.82, 2.24) is 0 Å². The van der Waals surface area contributed by atoms with Crippen LogP contribution in [0.25, 0.3) is 0 Å². The van der Waals surface area contributed by atoms with Crippen molar-refractivity contribution in [1.29, 1.82) is 0 Å². The molecule has 1 N–H and O–H groups in total. The van der Waals surface area contributed by atoms with Crippen molar-refractivity contribution >= 4 is 10.1 Å². The van der Waals surface area contributed by atoms with E-state index in [9.17, 15) is 18.1 Å². The average Bonchev–Trinajstić information content (AvgIpc) is 2.57. The van der Waals surface area contributed by atoms with Gasteiger partial charge in [-0.1, -0.05) is 56.9 Å². The van der Waals surface area contributed by atoms with Crippen molar-refractivity contribution in [2.24, 2.45) is 0 Å². The second kappa shape index (κ2) is 11.4. The third kappa shape index (κ3) is 6.96. The number of benzene rings is 2. The Hall–Kier alpha value is -0.414. The Morgan fingerprint density at radius 3 is 2.27 bits per heavy atom. The molecule has 0 heterocycles. The Morgan fingerprint density at radius 1 is 1.00 bits per heavy atom. The first-order valence-corrected chi connectivity index (χ1v) is 9.90. The van der Waals surface area contributed by atoms with Crippen LogP contribution in [0.5, 0.6) is 17.2 Å². The molecule has 2 aromatic carbocycles. The summed E-state index contributed by atoms with van der Waals surface area (Å²) < 4.78 is 38.4. The number of ether oxygens (including phenoxy) is 1. The Bertz CT molecular complexity index is 791. The van der Waals surface area contributed by atoms with Gasteiger partial charge in [-0.05, 0) is 42.4 Å². The van der Waals surface area contributed by atoms with E-state index in [1.165, 1.54) is 6.07 Å². The average molecular weight is 403 g/mol. The summed E-state index contributed by atoms with van der Waals surface area (Å²) in [5.41, 5.74) is 0.337. The molecular weight excluding hydrogens is 379 g/mol. The van der Waals surface area contributed by atoms with Crippen molar-refractivity contribution in [2.75, 3.05) is 0 Å². The van der Waals surface area contributed by atoms with E-state index in [0.29, 0.717) is 17.7 Å². The van der Waals surface area contributed by atoms with Crippen LogP contribution in [-0.2, 0) is 16.5 Å². The van der Waals surface area contributed by atoms with Crippen LogP contribution in [0.1, 0.15) is 44.6 Å². The molecule has 7 heteroatoms. The minimum Gasteiger partial charge on any atom is -0.869 e. The van der Waals surface area contributed by atoms with Gasteiger partial charge in [-0.3, -0.25) is 4.55 Å². The van der Waals surface area contributed by atoms with E-state index in [-0.39, 0.29) is 57.1 Å². The first-order chi connectivity index (χ1) is 11.9. The molecule has 26 heavy (non-hydrogen) atoms. The molecule has 0 aliphatic heterocycles. The summed E-state index contributed by atoms with van der Waals surface area (Å²) in [6.07, 6.45) is 5.46. The van der Waals surface area contributed by atoms with Crippen molar-refractivity contribution in [3.05, 3.63) is 48.0 Å². The summed E-state index contributed by atoms with van der Waals surface area (Å²) in [4.78, 5) is -0.573. The van der Waals surface area contributed by atoms with Gasteiger partial charge in [-0.15, -0.1) is 0 Å². The van der Waals surface area contributed by atoms with Gasteiger partial charge in [0, 0.05) is 0 Å². The smallest absolute Gasteiger partial charge is 0.869 e. The maximum absolute atomic E-state index is 12.5. The first-order valence-electron chi connectivity index (χ1n) is 8.46. The molecule has 0 radical (unpaired) electrons. The molecule has 2 rings (SSSR count). The number of hydrogen-bond acceptors (Lipinski definition) is 4. The molecule has 0 saturated heterocycles. The quantitative estimate of drug-likeness (QED) is 0.388. The fourth-order valence-electron chi connectivity index (χ4n) is 2.68. The summed E-state index contributed by atoms with van der Waals surface area (Å²) in [5.74, 6) is -0.501. The molecule has 0 unspecified atom stereocenters. The monoisotopic (exact) mass is 402 g/mol. The van der Waals surface area contributed by atoms with Crippen LogP contribution in [0.3, 0.4) is 0 Å². The zero-order chi connectivity index (χ0) is 18.3. The summed E-state index contributed by atoms with van der Waals surface area (Å²) in [7, 11) is -4.62. The van der Waals surface area contributed by atoms with Gasteiger partial charge < -0.3 is 9.84 Å². The van der Waals surface area contributed by atoms with E-state index >= 15 is 0 Å². The SMILES string of the molecule is CCCCCCCc1ccc(Oc2ccccc2)c([O-])c1S(=O)(=O)O.[K+]. The van der Waals surface area contributed by atoms with Gasteiger partial charge in [0.15, 0.2) is 0 Å². The largest absolute Gasteiger partial charge is 1.00 e. The maximum atomic E-state index is 12.5. The Balaban J connectivity index is 0.00000338.